The van der Waals surface area contributed by atoms with Crippen molar-refractivity contribution in [2.45, 2.75) is 52.0 Å². The predicted octanol–water partition coefficient (Wildman–Crippen LogP) is 4.60. The van der Waals surface area contributed by atoms with Crippen LogP contribution in [-0.2, 0) is 32.3 Å². The number of rotatable bonds is 8. The van der Waals surface area contributed by atoms with E-state index in [-0.39, 0.29) is 5.56 Å². The first-order chi connectivity index (χ1) is 16.8. The second-order valence-electron chi connectivity index (χ2n) is 9.46. The van der Waals surface area contributed by atoms with Gasteiger partial charge in [-0.15, -0.1) is 0 Å². The van der Waals surface area contributed by atoms with E-state index in [0.717, 1.165) is 29.4 Å². The van der Waals surface area contributed by atoms with E-state index in [0.29, 0.717) is 10.4 Å². The number of hydrogen-bond donors (Lipinski definition) is 1. The normalized spacial score (nSPS) is 13.1. The first kappa shape index (κ1) is 30.4. The zero-order valence-corrected chi connectivity index (χ0v) is 22.4. The smallest absolute Gasteiger partial charge is 0.350 e. The Balaban J connectivity index is 2.51. The van der Waals surface area contributed by atoms with Gasteiger partial charge in [0.05, 0.1) is 22.5 Å². The summed E-state index contributed by atoms with van der Waals surface area (Å²) < 4.78 is 80.1. The molecule has 7 nitrogen and oxygen atoms in total. The number of halogens is 5. The molecule has 0 saturated carbocycles. The van der Waals surface area contributed by atoms with Crippen LogP contribution in [0, 0.1) is 5.82 Å². The minimum atomic E-state index is -4.88. The van der Waals surface area contributed by atoms with Gasteiger partial charge < -0.3 is 10.2 Å². The molecule has 0 unspecified atom stereocenters. The molecule has 0 aliphatic rings. The van der Waals surface area contributed by atoms with Gasteiger partial charge in [0.25, 0.3) is 0 Å². The Morgan fingerprint density at radius 2 is 1.68 bits per heavy atom. The number of hydrogen-bond acceptors (Lipinski definition) is 4. The molecule has 0 fully saturated rings. The molecule has 2 rings (SSSR count). The van der Waals surface area contributed by atoms with E-state index in [9.17, 15) is 35.6 Å². The van der Waals surface area contributed by atoms with Gasteiger partial charge in [0.15, 0.2) is 0 Å². The molecule has 1 N–H and O–H groups in total. The summed E-state index contributed by atoms with van der Waals surface area (Å²) >= 11 is 5.65. The Labute approximate surface area is 218 Å². The maximum absolute atomic E-state index is 14.4. The third-order valence-electron chi connectivity index (χ3n) is 5.19. The van der Waals surface area contributed by atoms with E-state index < -0.39 is 74.8 Å². The van der Waals surface area contributed by atoms with Crippen molar-refractivity contribution in [3.8, 4) is 0 Å². The zero-order valence-electron chi connectivity index (χ0n) is 20.9. The lowest BCUT2D eigenvalue weighted by Gasteiger charge is -2.33. The first-order valence-corrected chi connectivity index (χ1v) is 13.2. The van der Waals surface area contributed by atoms with Gasteiger partial charge >= 0.3 is 6.18 Å². The molecule has 1 atom stereocenters. The molecule has 2 aromatic rings. The average molecular weight is 566 g/mol. The molecule has 0 radical (unpaired) electrons. The van der Waals surface area contributed by atoms with E-state index in [1.165, 1.54) is 25.1 Å². The van der Waals surface area contributed by atoms with Crippen LogP contribution >= 0.6 is 11.6 Å². The molecule has 2 aromatic carbocycles. The summed E-state index contributed by atoms with van der Waals surface area (Å²) in [7, 11) is -4.28. The predicted molar refractivity (Wildman–Crippen MR) is 133 cm³/mol. The third kappa shape index (κ3) is 8.32. The lowest BCUT2D eigenvalue weighted by atomic mass is 10.1. The van der Waals surface area contributed by atoms with E-state index >= 15 is 0 Å². The number of nitrogens with one attached hydrogen (secondary N) is 1. The molecule has 0 aliphatic carbocycles. The van der Waals surface area contributed by atoms with E-state index in [2.05, 4.69) is 5.32 Å². The molecule has 37 heavy (non-hydrogen) atoms. The van der Waals surface area contributed by atoms with Crippen molar-refractivity contribution in [2.24, 2.45) is 0 Å². The second kappa shape index (κ2) is 11.3. The van der Waals surface area contributed by atoms with Crippen molar-refractivity contribution in [3.63, 3.8) is 0 Å². The Hall–Kier alpha value is -2.86. The van der Waals surface area contributed by atoms with Crippen LogP contribution in [0.1, 0.15) is 38.8 Å². The van der Waals surface area contributed by atoms with Crippen molar-refractivity contribution in [1.82, 2.24) is 10.2 Å². The molecule has 2 amide bonds. The molecule has 0 heterocycles. The second-order valence-corrected chi connectivity index (χ2v) is 11.8. The summed E-state index contributed by atoms with van der Waals surface area (Å²) in [4.78, 5) is 27.2. The van der Waals surface area contributed by atoms with E-state index in [1.54, 1.807) is 20.8 Å². The van der Waals surface area contributed by atoms with Crippen LogP contribution in [0.3, 0.4) is 0 Å². The first-order valence-electron chi connectivity index (χ1n) is 11.0. The lowest BCUT2D eigenvalue weighted by Crippen LogP contribution is -2.54. The van der Waals surface area contributed by atoms with Crippen molar-refractivity contribution < 1.29 is 35.6 Å². The fraction of sp³-hybridized carbons (Fsp3) is 0.417. The molecule has 0 bridgehead atoms. The number of anilines is 1. The summed E-state index contributed by atoms with van der Waals surface area (Å²) in [5.41, 5.74) is -2.35. The van der Waals surface area contributed by atoms with Gasteiger partial charge in [0.1, 0.15) is 18.4 Å². The number of alkyl halides is 3. The molecule has 0 saturated heterocycles. The van der Waals surface area contributed by atoms with Crippen LogP contribution in [0.25, 0.3) is 0 Å². The van der Waals surface area contributed by atoms with Crippen molar-refractivity contribution in [3.05, 3.63) is 64.4 Å². The van der Waals surface area contributed by atoms with Crippen LogP contribution in [-0.4, -0.2) is 49.5 Å². The minimum Gasteiger partial charge on any atom is -0.350 e. The fourth-order valence-electron chi connectivity index (χ4n) is 3.37. The maximum Gasteiger partial charge on any atom is 0.417 e. The average Bonchev–Trinajstić information content (AvgIpc) is 2.74. The third-order valence-corrected chi connectivity index (χ3v) is 6.66. The number of amides is 2. The standard InChI is InChI=1S/C24H28ClF4N3O4S/c1-15(22(34)30-23(2,3)4)31(13-16-8-6-7-9-20(16)26)21(33)14-32(37(5,35)36)17-10-11-19(25)18(12-17)24(27,28)29/h6-12,15H,13-14H2,1-5H3,(H,30,34)/t15-/m0/s1. The lowest BCUT2D eigenvalue weighted by molar-refractivity contribution is -0.140. The fourth-order valence-corrected chi connectivity index (χ4v) is 4.43. The minimum absolute atomic E-state index is 0.0583. The van der Waals surface area contributed by atoms with Gasteiger partial charge in [-0.3, -0.25) is 13.9 Å². The van der Waals surface area contributed by atoms with Gasteiger partial charge in [-0.2, -0.15) is 13.2 Å². The van der Waals surface area contributed by atoms with Gasteiger partial charge in [-0.25, -0.2) is 12.8 Å². The number of carbonyl (C=O) groups excluding carboxylic acids is 2. The molecular weight excluding hydrogens is 538 g/mol. The Morgan fingerprint density at radius 1 is 1.08 bits per heavy atom. The van der Waals surface area contributed by atoms with Gasteiger partial charge in [0.2, 0.25) is 21.8 Å². The molecule has 204 valence electrons. The van der Waals surface area contributed by atoms with E-state index in [4.69, 9.17) is 11.6 Å². The highest BCUT2D eigenvalue weighted by molar-refractivity contribution is 7.92. The quantitative estimate of drug-likeness (QED) is 0.474. The SMILES string of the molecule is C[C@@H](C(=O)NC(C)(C)C)N(Cc1ccccc1F)C(=O)CN(c1ccc(Cl)c(C(F)(F)F)c1)S(C)(=O)=O. The summed E-state index contributed by atoms with van der Waals surface area (Å²) in [5.74, 6) is -2.18. The van der Waals surface area contributed by atoms with Crippen molar-refractivity contribution in [2.75, 3.05) is 17.1 Å². The highest BCUT2D eigenvalue weighted by atomic mass is 35.5. The largest absolute Gasteiger partial charge is 0.417 e. The van der Waals surface area contributed by atoms with Crippen LogP contribution in [0.2, 0.25) is 5.02 Å². The Bertz CT molecular complexity index is 1260. The molecule has 13 heteroatoms. The number of carbonyl (C=O) groups is 2. The van der Waals surface area contributed by atoms with Gasteiger partial charge in [0, 0.05) is 17.6 Å². The summed E-state index contributed by atoms with van der Waals surface area (Å²) in [6.07, 6.45) is -4.16. The Morgan fingerprint density at radius 3 is 2.19 bits per heavy atom. The summed E-state index contributed by atoms with van der Waals surface area (Å²) in [6.45, 7) is 5.19. The van der Waals surface area contributed by atoms with Crippen LogP contribution < -0.4 is 9.62 Å². The van der Waals surface area contributed by atoms with Crippen molar-refractivity contribution >= 4 is 39.1 Å². The zero-order chi connectivity index (χ0) is 28.3. The molecule has 0 aliphatic heterocycles. The number of benzene rings is 2. The summed E-state index contributed by atoms with van der Waals surface area (Å²) in [5, 5.41) is 2.05. The molecular formula is C24H28ClF4N3O4S. The maximum atomic E-state index is 14.4. The number of sulfonamides is 1. The topological polar surface area (TPSA) is 86.8 Å². The highest BCUT2D eigenvalue weighted by Crippen LogP contribution is 2.37. The number of nitrogens with zero attached hydrogens (tertiary/aromatic N) is 2. The molecule has 0 spiro atoms. The van der Waals surface area contributed by atoms with Crippen LogP contribution in [0.5, 0.6) is 0 Å². The monoisotopic (exact) mass is 565 g/mol. The van der Waals surface area contributed by atoms with Crippen LogP contribution in [0.15, 0.2) is 42.5 Å². The molecule has 0 aromatic heterocycles. The Kier molecular flexibility index (Phi) is 9.24. The highest BCUT2D eigenvalue weighted by Gasteiger charge is 2.36. The van der Waals surface area contributed by atoms with Gasteiger partial charge in [-0.1, -0.05) is 29.8 Å². The summed E-state index contributed by atoms with van der Waals surface area (Å²) in [6, 6.07) is 6.76. The van der Waals surface area contributed by atoms with E-state index in [1.807, 2.05) is 0 Å². The van der Waals surface area contributed by atoms with Crippen molar-refractivity contribution in [1.29, 1.82) is 0 Å². The van der Waals surface area contributed by atoms with Gasteiger partial charge in [-0.05, 0) is 52.0 Å². The van der Waals surface area contributed by atoms with Crippen LogP contribution in [0.4, 0.5) is 23.2 Å².